The maximum atomic E-state index is 13.4. The second kappa shape index (κ2) is 10.0. The number of piperidine rings is 1. The number of nitrogens with zero attached hydrogens (tertiary/aromatic N) is 1. The van der Waals surface area contributed by atoms with E-state index in [4.69, 9.17) is 4.74 Å². The van der Waals surface area contributed by atoms with Crippen LogP contribution in [-0.2, 0) is 21.2 Å². The Morgan fingerprint density at radius 2 is 1.66 bits per heavy atom. The van der Waals surface area contributed by atoms with E-state index >= 15 is 0 Å². The van der Waals surface area contributed by atoms with Crippen LogP contribution >= 0.6 is 0 Å². The largest absolute Gasteiger partial charge is 0.496 e. The number of methoxy groups -OCH3 is 1. The molecule has 1 saturated heterocycles. The third kappa shape index (κ3) is 4.99. The molecule has 174 valence electrons. The molecule has 3 rings (SSSR count). The van der Waals surface area contributed by atoms with Crippen LogP contribution in [0.1, 0.15) is 40.7 Å². The lowest BCUT2D eigenvalue weighted by Gasteiger charge is -2.31. The van der Waals surface area contributed by atoms with Gasteiger partial charge in [-0.25, -0.2) is 8.42 Å². The zero-order chi connectivity index (χ0) is 23.5. The number of nitrogens with one attached hydrogen (secondary N) is 1. The summed E-state index contributed by atoms with van der Waals surface area (Å²) in [7, 11) is -1.95. The van der Waals surface area contributed by atoms with E-state index in [2.05, 4.69) is 5.32 Å². The summed E-state index contributed by atoms with van der Waals surface area (Å²) in [5.74, 6) is 0.647. The van der Waals surface area contributed by atoms with Gasteiger partial charge in [0.25, 0.3) is 0 Å². The Balaban J connectivity index is 1.59. The molecular weight excluding hydrogens is 424 g/mol. The van der Waals surface area contributed by atoms with E-state index in [1.165, 1.54) is 0 Å². The summed E-state index contributed by atoms with van der Waals surface area (Å²) in [6.07, 6.45) is 1.75. The molecule has 0 aliphatic carbocycles. The summed E-state index contributed by atoms with van der Waals surface area (Å²) < 4.78 is 33.7. The topological polar surface area (TPSA) is 75.7 Å². The van der Waals surface area contributed by atoms with Crippen molar-refractivity contribution in [1.82, 2.24) is 9.62 Å². The van der Waals surface area contributed by atoms with E-state index in [-0.39, 0.29) is 11.8 Å². The molecule has 1 fully saturated rings. The van der Waals surface area contributed by atoms with Crippen molar-refractivity contribution in [1.29, 1.82) is 0 Å². The van der Waals surface area contributed by atoms with Crippen LogP contribution in [0.5, 0.6) is 5.75 Å². The average Bonchev–Trinajstić information content (AvgIpc) is 2.78. The Morgan fingerprint density at radius 1 is 1.06 bits per heavy atom. The van der Waals surface area contributed by atoms with Gasteiger partial charge in [0.15, 0.2) is 0 Å². The minimum absolute atomic E-state index is 0.00397. The predicted octanol–water partition coefficient (Wildman–Crippen LogP) is 3.69. The molecule has 7 heteroatoms. The fourth-order valence-corrected chi connectivity index (χ4v) is 6.47. The number of aryl methyl sites for hydroxylation is 2. The molecule has 0 atom stereocenters. The summed E-state index contributed by atoms with van der Waals surface area (Å²) in [5.41, 5.74) is 4.64. The number of carbonyl (C=O) groups excluding carboxylic acids is 1. The number of sulfonamides is 1. The van der Waals surface area contributed by atoms with Crippen molar-refractivity contribution in [3.63, 3.8) is 0 Å². The highest BCUT2D eigenvalue weighted by molar-refractivity contribution is 7.89. The van der Waals surface area contributed by atoms with Crippen molar-refractivity contribution in [2.75, 3.05) is 26.7 Å². The van der Waals surface area contributed by atoms with Crippen molar-refractivity contribution in [3.05, 3.63) is 58.1 Å². The highest BCUT2D eigenvalue weighted by Gasteiger charge is 2.34. The molecule has 0 saturated carbocycles. The van der Waals surface area contributed by atoms with Crippen LogP contribution < -0.4 is 10.1 Å². The Bertz CT molecular complexity index is 1060. The number of ether oxygens (including phenoxy) is 1. The second-order valence-corrected chi connectivity index (χ2v) is 10.5. The number of carbonyl (C=O) groups is 1. The quantitative estimate of drug-likeness (QED) is 0.687. The number of hydrogen-bond acceptors (Lipinski definition) is 4. The van der Waals surface area contributed by atoms with Crippen LogP contribution in [0.3, 0.4) is 0 Å². The SMILES string of the molecule is COc1ccccc1CCNC(=O)C1CCN(S(=O)(=O)c2c(C)c(C)cc(C)c2C)CC1. The van der Waals surface area contributed by atoms with Gasteiger partial charge in [0.05, 0.1) is 12.0 Å². The van der Waals surface area contributed by atoms with E-state index in [0.29, 0.717) is 43.8 Å². The summed E-state index contributed by atoms with van der Waals surface area (Å²) in [6.45, 7) is 8.88. The number of benzene rings is 2. The lowest BCUT2D eigenvalue weighted by molar-refractivity contribution is -0.126. The van der Waals surface area contributed by atoms with Crippen LogP contribution in [0.25, 0.3) is 0 Å². The highest BCUT2D eigenvalue weighted by Crippen LogP contribution is 2.31. The fourth-order valence-electron chi connectivity index (χ4n) is 4.43. The Morgan fingerprint density at radius 3 is 2.25 bits per heavy atom. The van der Waals surface area contributed by atoms with E-state index in [1.54, 1.807) is 11.4 Å². The number of hydrogen-bond donors (Lipinski definition) is 1. The van der Waals surface area contributed by atoms with Crippen molar-refractivity contribution in [2.24, 2.45) is 5.92 Å². The molecule has 1 N–H and O–H groups in total. The standard InChI is InChI=1S/C25H34N2O4S/c1-17-16-18(2)20(4)24(19(17)3)32(29,30)27-14-11-22(12-15-27)25(28)26-13-10-21-8-6-7-9-23(21)31-5/h6-9,16,22H,10-15H2,1-5H3,(H,26,28). The molecule has 2 aromatic carbocycles. The van der Waals surface area contributed by atoms with Gasteiger partial charge >= 0.3 is 0 Å². The summed E-state index contributed by atoms with van der Waals surface area (Å²) in [4.78, 5) is 13.1. The average molecular weight is 459 g/mol. The summed E-state index contributed by atoms with van der Waals surface area (Å²) >= 11 is 0. The third-order valence-electron chi connectivity index (χ3n) is 6.61. The number of para-hydroxylation sites is 1. The molecule has 32 heavy (non-hydrogen) atoms. The molecule has 1 aliphatic rings. The minimum atomic E-state index is -3.59. The van der Waals surface area contributed by atoms with E-state index in [0.717, 1.165) is 33.6 Å². The van der Waals surface area contributed by atoms with Gasteiger partial charge in [-0.15, -0.1) is 0 Å². The van der Waals surface area contributed by atoms with Crippen LogP contribution in [0.15, 0.2) is 35.2 Å². The normalized spacial score (nSPS) is 15.5. The first kappa shape index (κ1) is 24.3. The fraction of sp³-hybridized carbons (Fsp3) is 0.480. The molecule has 6 nitrogen and oxygen atoms in total. The highest BCUT2D eigenvalue weighted by atomic mass is 32.2. The molecule has 0 radical (unpaired) electrons. The van der Waals surface area contributed by atoms with Gasteiger partial charge in [-0.3, -0.25) is 4.79 Å². The Hall–Kier alpha value is -2.38. The van der Waals surface area contributed by atoms with Gasteiger partial charge in [0.1, 0.15) is 5.75 Å². The molecule has 1 aliphatic heterocycles. The first-order valence-electron chi connectivity index (χ1n) is 11.1. The van der Waals surface area contributed by atoms with Crippen LogP contribution in [0.2, 0.25) is 0 Å². The molecule has 1 heterocycles. The van der Waals surface area contributed by atoms with Gasteiger partial charge in [0.2, 0.25) is 15.9 Å². The maximum Gasteiger partial charge on any atom is 0.243 e. The van der Waals surface area contributed by atoms with Crippen LogP contribution in [0.4, 0.5) is 0 Å². The molecule has 0 bridgehead atoms. The second-order valence-electron chi connectivity index (χ2n) is 8.62. The lowest BCUT2D eigenvalue weighted by atomic mass is 9.97. The van der Waals surface area contributed by atoms with Gasteiger partial charge in [-0.2, -0.15) is 4.31 Å². The van der Waals surface area contributed by atoms with E-state index in [9.17, 15) is 13.2 Å². The third-order valence-corrected chi connectivity index (χ3v) is 8.78. The van der Waals surface area contributed by atoms with Gasteiger partial charge in [-0.1, -0.05) is 24.3 Å². The minimum Gasteiger partial charge on any atom is -0.496 e. The monoisotopic (exact) mass is 458 g/mol. The Labute approximate surface area is 192 Å². The van der Waals surface area contributed by atoms with Crippen molar-refractivity contribution < 1.29 is 17.9 Å². The Kier molecular flexibility index (Phi) is 7.62. The summed E-state index contributed by atoms with van der Waals surface area (Å²) in [5, 5.41) is 3.01. The maximum absolute atomic E-state index is 13.4. The molecule has 0 unspecified atom stereocenters. The van der Waals surface area contributed by atoms with Crippen molar-refractivity contribution in [3.8, 4) is 5.75 Å². The van der Waals surface area contributed by atoms with Gasteiger partial charge < -0.3 is 10.1 Å². The lowest BCUT2D eigenvalue weighted by Crippen LogP contribution is -2.43. The zero-order valence-corrected chi connectivity index (χ0v) is 20.5. The van der Waals surface area contributed by atoms with Crippen molar-refractivity contribution in [2.45, 2.75) is 51.9 Å². The summed E-state index contributed by atoms with van der Waals surface area (Å²) in [6, 6.07) is 9.81. The van der Waals surface area contributed by atoms with E-state index < -0.39 is 10.0 Å². The molecule has 2 aromatic rings. The molecule has 0 aromatic heterocycles. The zero-order valence-electron chi connectivity index (χ0n) is 19.7. The molecule has 0 spiro atoms. The molecule has 1 amide bonds. The smallest absolute Gasteiger partial charge is 0.243 e. The molecular formula is C25H34N2O4S. The van der Waals surface area contributed by atoms with Crippen molar-refractivity contribution >= 4 is 15.9 Å². The van der Waals surface area contributed by atoms with Gasteiger partial charge in [0, 0.05) is 25.6 Å². The number of amides is 1. The first-order chi connectivity index (χ1) is 15.2. The first-order valence-corrected chi connectivity index (χ1v) is 12.6. The number of rotatable bonds is 7. The van der Waals surface area contributed by atoms with Crippen LogP contribution in [0, 0.1) is 33.6 Å². The predicted molar refractivity (Wildman–Crippen MR) is 127 cm³/mol. The van der Waals surface area contributed by atoms with E-state index in [1.807, 2.05) is 58.0 Å². The van der Waals surface area contributed by atoms with Crippen LogP contribution in [-0.4, -0.2) is 45.4 Å². The van der Waals surface area contributed by atoms with Gasteiger partial charge in [-0.05, 0) is 80.8 Å².